The van der Waals surface area contributed by atoms with Gasteiger partial charge in [-0.3, -0.25) is 9.59 Å². The van der Waals surface area contributed by atoms with Crippen molar-refractivity contribution in [3.8, 4) is 0 Å². The van der Waals surface area contributed by atoms with Gasteiger partial charge in [0.15, 0.2) is 0 Å². The second-order valence-corrected chi connectivity index (χ2v) is 5.10. The fourth-order valence-corrected chi connectivity index (χ4v) is 1.80. The van der Waals surface area contributed by atoms with Gasteiger partial charge in [-0.25, -0.2) is 0 Å². The first-order valence-electron chi connectivity index (χ1n) is 6.63. The Kier molecular flexibility index (Phi) is 5.70. The van der Waals surface area contributed by atoms with E-state index in [1.54, 1.807) is 31.3 Å². The van der Waals surface area contributed by atoms with E-state index in [1.165, 1.54) is 11.8 Å². The number of hydrogen-bond donors (Lipinski definition) is 2. The molecule has 0 aliphatic rings. The Morgan fingerprint density at radius 2 is 1.90 bits per heavy atom. The Morgan fingerprint density at radius 3 is 2.40 bits per heavy atom. The molecule has 0 unspecified atom stereocenters. The maximum Gasteiger partial charge on any atom is 0.253 e. The fraction of sp³-hybridized carbons (Fsp3) is 0.467. The molecule has 0 bridgehead atoms. The second-order valence-electron chi connectivity index (χ2n) is 5.10. The highest BCUT2D eigenvalue weighted by molar-refractivity contribution is 6.04. The number of nitrogens with zero attached hydrogens (tertiary/aromatic N) is 1. The summed E-state index contributed by atoms with van der Waals surface area (Å²) in [5.74, 6) is -0.309. The van der Waals surface area contributed by atoms with E-state index in [4.69, 9.17) is 0 Å². The highest BCUT2D eigenvalue weighted by Crippen LogP contribution is 2.19. The number of benzene rings is 1. The van der Waals surface area contributed by atoms with Crippen molar-refractivity contribution in [2.45, 2.75) is 26.8 Å². The maximum atomic E-state index is 12.3. The van der Waals surface area contributed by atoms with E-state index < -0.39 is 0 Å². The summed E-state index contributed by atoms with van der Waals surface area (Å²) in [6, 6.07) is 6.60. The van der Waals surface area contributed by atoms with Gasteiger partial charge in [0, 0.05) is 14.0 Å². The zero-order valence-corrected chi connectivity index (χ0v) is 12.4. The Bertz CT molecular complexity index is 486. The molecule has 0 saturated carbocycles. The van der Waals surface area contributed by atoms with E-state index in [9.17, 15) is 14.7 Å². The van der Waals surface area contributed by atoms with Crippen molar-refractivity contribution < 1.29 is 14.7 Å². The van der Waals surface area contributed by atoms with Crippen LogP contribution in [0, 0.1) is 5.92 Å². The highest BCUT2D eigenvalue weighted by atomic mass is 16.3. The summed E-state index contributed by atoms with van der Waals surface area (Å²) in [5, 5.41) is 12.1. The van der Waals surface area contributed by atoms with Crippen LogP contribution in [0.15, 0.2) is 24.3 Å². The largest absolute Gasteiger partial charge is 0.394 e. The number of aliphatic hydroxyl groups excluding tert-OH is 1. The minimum atomic E-state index is -0.307. The first kappa shape index (κ1) is 16.2. The molecule has 0 aliphatic carbocycles. The van der Waals surface area contributed by atoms with E-state index in [0.29, 0.717) is 11.3 Å². The third kappa shape index (κ3) is 3.81. The van der Waals surface area contributed by atoms with Crippen LogP contribution in [0.3, 0.4) is 0 Å². The quantitative estimate of drug-likeness (QED) is 0.855. The van der Waals surface area contributed by atoms with Gasteiger partial charge in [-0.15, -0.1) is 0 Å². The standard InChI is InChI=1S/C15H22N2O3/c1-10(2)13(9-18)16-15(20)12-7-5-6-8-14(12)17(4)11(3)19/h5-8,10,13,18H,9H2,1-4H3,(H,16,20)/t13-/m1/s1. The number of rotatable bonds is 5. The summed E-state index contributed by atoms with van der Waals surface area (Å²) in [5.41, 5.74) is 0.974. The van der Waals surface area contributed by atoms with Gasteiger partial charge in [0.1, 0.15) is 0 Å². The zero-order chi connectivity index (χ0) is 15.3. The fourth-order valence-electron chi connectivity index (χ4n) is 1.80. The monoisotopic (exact) mass is 278 g/mol. The Morgan fingerprint density at radius 1 is 1.30 bits per heavy atom. The number of carbonyl (C=O) groups is 2. The average molecular weight is 278 g/mol. The van der Waals surface area contributed by atoms with Crippen LogP contribution in [-0.2, 0) is 4.79 Å². The molecule has 1 atom stereocenters. The van der Waals surface area contributed by atoms with Crippen LogP contribution in [0.1, 0.15) is 31.1 Å². The first-order valence-corrected chi connectivity index (χ1v) is 6.63. The third-order valence-corrected chi connectivity index (χ3v) is 3.30. The molecule has 0 spiro atoms. The smallest absolute Gasteiger partial charge is 0.253 e. The maximum absolute atomic E-state index is 12.3. The lowest BCUT2D eigenvalue weighted by Crippen LogP contribution is -2.41. The minimum Gasteiger partial charge on any atom is -0.394 e. The molecule has 0 heterocycles. The Hall–Kier alpha value is -1.88. The molecule has 0 aromatic heterocycles. The normalized spacial score (nSPS) is 12.1. The SMILES string of the molecule is CC(=O)N(C)c1ccccc1C(=O)N[C@H](CO)C(C)C. The highest BCUT2D eigenvalue weighted by Gasteiger charge is 2.20. The van der Waals surface area contributed by atoms with E-state index in [0.717, 1.165) is 0 Å². The Balaban J connectivity index is 3.01. The topological polar surface area (TPSA) is 69.6 Å². The predicted octanol–water partition coefficient (Wildman–Crippen LogP) is 1.42. The summed E-state index contributed by atoms with van der Waals surface area (Å²) < 4.78 is 0. The lowest BCUT2D eigenvalue weighted by molar-refractivity contribution is -0.116. The summed E-state index contributed by atoms with van der Waals surface area (Å²) in [6.07, 6.45) is 0. The van der Waals surface area contributed by atoms with Crippen molar-refractivity contribution in [1.82, 2.24) is 5.32 Å². The lowest BCUT2D eigenvalue weighted by atomic mass is 10.0. The summed E-state index contributed by atoms with van der Waals surface area (Å²) >= 11 is 0. The van der Waals surface area contributed by atoms with E-state index >= 15 is 0 Å². The van der Waals surface area contributed by atoms with E-state index in [1.807, 2.05) is 13.8 Å². The molecular weight excluding hydrogens is 256 g/mol. The van der Waals surface area contributed by atoms with Crippen LogP contribution >= 0.6 is 0 Å². The molecular formula is C15H22N2O3. The molecule has 0 radical (unpaired) electrons. The number of anilines is 1. The van der Waals surface area contributed by atoms with Crippen molar-refractivity contribution >= 4 is 17.5 Å². The van der Waals surface area contributed by atoms with Crippen LogP contribution in [0.25, 0.3) is 0 Å². The van der Waals surface area contributed by atoms with Gasteiger partial charge < -0.3 is 15.3 Å². The molecule has 1 rings (SSSR count). The number of para-hydroxylation sites is 1. The van der Waals surface area contributed by atoms with Crippen LogP contribution in [0.4, 0.5) is 5.69 Å². The van der Waals surface area contributed by atoms with Crippen molar-refractivity contribution in [2.75, 3.05) is 18.6 Å². The molecule has 1 aromatic carbocycles. The molecule has 5 heteroatoms. The third-order valence-electron chi connectivity index (χ3n) is 3.30. The van der Waals surface area contributed by atoms with Gasteiger partial charge in [-0.2, -0.15) is 0 Å². The van der Waals surface area contributed by atoms with Gasteiger partial charge in [0.05, 0.1) is 23.9 Å². The van der Waals surface area contributed by atoms with Crippen LogP contribution in [0.2, 0.25) is 0 Å². The summed E-state index contributed by atoms with van der Waals surface area (Å²) in [6.45, 7) is 5.18. The van der Waals surface area contributed by atoms with Gasteiger partial charge in [0.2, 0.25) is 5.91 Å². The summed E-state index contributed by atoms with van der Waals surface area (Å²) in [7, 11) is 1.63. The molecule has 20 heavy (non-hydrogen) atoms. The first-order chi connectivity index (χ1) is 9.38. The predicted molar refractivity (Wildman–Crippen MR) is 78.7 cm³/mol. The molecule has 2 N–H and O–H groups in total. The minimum absolute atomic E-state index is 0.117. The van der Waals surface area contributed by atoms with Crippen LogP contribution in [-0.4, -0.2) is 36.6 Å². The van der Waals surface area contributed by atoms with Crippen LogP contribution < -0.4 is 10.2 Å². The number of nitrogens with one attached hydrogen (secondary N) is 1. The number of amides is 2. The van der Waals surface area contributed by atoms with Gasteiger partial charge >= 0.3 is 0 Å². The molecule has 2 amide bonds. The molecule has 1 aromatic rings. The molecule has 110 valence electrons. The molecule has 0 saturated heterocycles. The van der Waals surface area contributed by atoms with Crippen molar-refractivity contribution in [2.24, 2.45) is 5.92 Å². The Labute approximate surface area is 119 Å². The summed E-state index contributed by atoms with van der Waals surface area (Å²) in [4.78, 5) is 25.2. The van der Waals surface area contributed by atoms with Crippen molar-refractivity contribution in [1.29, 1.82) is 0 Å². The molecule has 0 aliphatic heterocycles. The lowest BCUT2D eigenvalue weighted by Gasteiger charge is -2.23. The zero-order valence-electron chi connectivity index (χ0n) is 12.4. The van der Waals surface area contributed by atoms with E-state index in [2.05, 4.69) is 5.32 Å². The van der Waals surface area contributed by atoms with Gasteiger partial charge in [-0.05, 0) is 18.1 Å². The average Bonchev–Trinajstić information content (AvgIpc) is 2.43. The number of carbonyl (C=O) groups excluding carboxylic acids is 2. The van der Waals surface area contributed by atoms with Gasteiger partial charge in [0.25, 0.3) is 5.91 Å². The van der Waals surface area contributed by atoms with Gasteiger partial charge in [-0.1, -0.05) is 26.0 Å². The molecule has 0 fully saturated rings. The van der Waals surface area contributed by atoms with Crippen molar-refractivity contribution in [3.63, 3.8) is 0 Å². The number of aliphatic hydroxyl groups is 1. The second kappa shape index (κ2) is 7.05. The van der Waals surface area contributed by atoms with E-state index in [-0.39, 0.29) is 30.4 Å². The number of hydrogen-bond acceptors (Lipinski definition) is 3. The van der Waals surface area contributed by atoms with Crippen LogP contribution in [0.5, 0.6) is 0 Å². The van der Waals surface area contributed by atoms with Crippen molar-refractivity contribution in [3.05, 3.63) is 29.8 Å². The molecule has 5 nitrogen and oxygen atoms in total.